The number of sulfone groups is 1. The molecule has 148 valence electrons. The minimum absolute atomic E-state index is 0.0213. The van der Waals surface area contributed by atoms with Crippen molar-refractivity contribution in [2.24, 2.45) is 7.05 Å². The number of aromatic nitrogens is 5. The van der Waals surface area contributed by atoms with Gasteiger partial charge in [-0.05, 0) is 31.9 Å². The van der Waals surface area contributed by atoms with Crippen LogP contribution in [0.1, 0.15) is 28.2 Å². The standard InChI is InChI=1S/C17H20N6O3S2/c1-12-14(27-16(19-12)23-7-3-4-8-23)15(24)22-9-5-13(6-10-22)28(25,26)17-20-18-11-21(17)2/h3-4,7-8,11,13H,5-6,9-10H2,1-2H3. The number of rotatable bonds is 4. The van der Waals surface area contributed by atoms with Gasteiger partial charge in [0.05, 0.1) is 10.9 Å². The van der Waals surface area contributed by atoms with E-state index in [0.29, 0.717) is 36.5 Å². The Morgan fingerprint density at radius 2 is 1.89 bits per heavy atom. The van der Waals surface area contributed by atoms with Gasteiger partial charge in [-0.2, -0.15) is 0 Å². The van der Waals surface area contributed by atoms with Crippen LogP contribution >= 0.6 is 11.3 Å². The van der Waals surface area contributed by atoms with E-state index in [1.165, 1.54) is 22.2 Å². The van der Waals surface area contributed by atoms with Crippen LogP contribution in [0.2, 0.25) is 0 Å². The van der Waals surface area contributed by atoms with E-state index in [9.17, 15) is 13.2 Å². The summed E-state index contributed by atoms with van der Waals surface area (Å²) in [5.41, 5.74) is 0.688. The van der Waals surface area contributed by atoms with Gasteiger partial charge in [-0.3, -0.25) is 4.79 Å². The predicted molar refractivity (Wildman–Crippen MR) is 103 cm³/mol. The van der Waals surface area contributed by atoms with E-state index < -0.39 is 15.1 Å². The number of amides is 1. The van der Waals surface area contributed by atoms with E-state index in [2.05, 4.69) is 15.2 Å². The molecular formula is C17H20N6O3S2. The van der Waals surface area contributed by atoms with Crippen molar-refractivity contribution in [1.82, 2.24) is 29.2 Å². The van der Waals surface area contributed by atoms with Crippen LogP contribution in [-0.2, 0) is 16.9 Å². The van der Waals surface area contributed by atoms with Crippen molar-refractivity contribution in [3.8, 4) is 5.13 Å². The van der Waals surface area contributed by atoms with Crippen LogP contribution in [0, 0.1) is 6.92 Å². The summed E-state index contributed by atoms with van der Waals surface area (Å²) in [6.45, 7) is 2.59. The Bertz CT molecular complexity index is 1090. The molecule has 0 unspecified atom stereocenters. The molecule has 0 bridgehead atoms. The third-order valence-corrected chi connectivity index (χ3v) is 8.28. The summed E-state index contributed by atoms with van der Waals surface area (Å²) in [5, 5.41) is 7.56. The monoisotopic (exact) mass is 420 g/mol. The van der Waals surface area contributed by atoms with Crippen molar-refractivity contribution in [1.29, 1.82) is 0 Å². The summed E-state index contributed by atoms with van der Waals surface area (Å²) in [6.07, 6.45) is 5.90. The Morgan fingerprint density at radius 1 is 1.21 bits per heavy atom. The van der Waals surface area contributed by atoms with E-state index in [0.717, 1.165) is 5.13 Å². The average Bonchev–Trinajstić information content (AvgIpc) is 3.42. The van der Waals surface area contributed by atoms with Gasteiger partial charge in [0.15, 0.2) is 5.13 Å². The fourth-order valence-electron chi connectivity index (χ4n) is 3.35. The van der Waals surface area contributed by atoms with E-state index >= 15 is 0 Å². The summed E-state index contributed by atoms with van der Waals surface area (Å²) < 4.78 is 28.8. The number of carbonyl (C=O) groups excluding carboxylic acids is 1. The van der Waals surface area contributed by atoms with Crippen molar-refractivity contribution < 1.29 is 13.2 Å². The van der Waals surface area contributed by atoms with E-state index in [-0.39, 0.29) is 11.1 Å². The van der Waals surface area contributed by atoms with E-state index in [1.807, 2.05) is 36.0 Å². The fraction of sp³-hybridized carbons (Fsp3) is 0.412. The maximum absolute atomic E-state index is 13.0. The molecule has 4 heterocycles. The second-order valence-corrected chi connectivity index (χ2v) is 9.86. The van der Waals surface area contributed by atoms with Crippen LogP contribution in [-0.4, -0.2) is 61.9 Å². The number of aryl methyl sites for hydroxylation is 2. The lowest BCUT2D eigenvalue weighted by Gasteiger charge is -2.31. The zero-order valence-corrected chi connectivity index (χ0v) is 17.2. The molecule has 1 aliphatic rings. The van der Waals surface area contributed by atoms with E-state index in [1.54, 1.807) is 11.9 Å². The minimum atomic E-state index is -3.56. The highest BCUT2D eigenvalue weighted by Crippen LogP contribution is 2.27. The molecule has 0 atom stereocenters. The topological polar surface area (TPSA) is 103 Å². The zero-order chi connectivity index (χ0) is 19.9. The largest absolute Gasteiger partial charge is 0.338 e. The van der Waals surface area contributed by atoms with Crippen LogP contribution in [0.4, 0.5) is 0 Å². The molecule has 9 nitrogen and oxygen atoms in total. The van der Waals surface area contributed by atoms with Crippen molar-refractivity contribution in [3.63, 3.8) is 0 Å². The van der Waals surface area contributed by atoms with Gasteiger partial charge in [0.2, 0.25) is 15.0 Å². The Labute approximate surface area is 166 Å². The summed E-state index contributed by atoms with van der Waals surface area (Å²) in [5.74, 6) is -0.0945. The smallest absolute Gasteiger partial charge is 0.265 e. The fourth-order valence-corrected chi connectivity index (χ4v) is 6.09. The molecule has 1 fully saturated rings. The first-order valence-corrected chi connectivity index (χ1v) is 11.2. The molecule has 3 aromatic rings. The van der Waals surface area contributed by atoms with Gasteiger partial charge in [0.25, 0.3) is 5.91 Å². The molecule has 0 radical (unpaired) electrons. The van der Waals surface area contributed by atoms with Gasteiger partial charge in [-0.1, -0.05) is 11.3 Å². The Morgan fingerprint density at radius 3 is 2.50 bits per heavy atom. The molecule has 0 saturated carbocycles. The minimum Gasteiger partial charge on any atom is -0.338 e. The molecule has 1 aliphatic heterocycles. The van der Waals surface area contributed by atoms with Gasteiger partial charge in [0.1, 0.15) is 11.2 Å². The first kappa shape index (κ1) is 18.8. The molecular weight excluding hydrogens is 400 g/mol. The van der Waals surface area contributed by atoms with Gasteiger partial charge in [-0.25, -0.2) is 13.4 Å². The number of piperidine rings is 1. The molecule has 1 amide bonds. The third kappa shape index (κ3) is 3.24. The maximum Gasteiger partial charge on any atom is 0.265 e. The van der Waals surface area contributed by atoms with Gasteiger partial charge >= 0.3 is 0 Å². The van der Waals surface area contributed by atoms with Crippen LogP contribution < -0.4 is 0 Å². The first-order chi connectivity index (χ1) is 13.4. The normalized spacial score (nSPS) is 15.9. The van der Waals surface area contributed by atoms with Crippen LogP contribution in [0.3, 0.4) is 0 Å². The maximum atomic E-state index is 13.0. The van der Waals surface area contributed by atoms with E-state index in [4.69, 9.17) is 0 Å². The SMILES string of the molecule is Cc1nc(-n2cccc2)sc1C(=O)N1CCC(S(=O)(=O)c2nncn2C)CC1. The van der Waals surface area contributed by atoms with Gasteiger partial charge in [-0.15, -0.1) is 10.2 Å². The summed E-state index contributed by atoms with van der Waals surface area (Å²) >= 11 is 1.35. The molecule has 0 aromatic carbocycles. The lowest BCUT2D eigenvalue weighted by molar-refractivity contribution is 0.0729. The summed E-state index contributed by atoms with van der Waals surface area (Å²) in [6, 6.07) is 3.81. The third-order valence-electron chi connectivity index (χ3n) is 4.90. The second kappa shape index (κ2) is 7.13. The average molecular weight is 421 g/mol. The molecule has 1 saturated heterocycles. The number of thiazole rings is 1. The number of likely N-dealkylation sites (tertiary alicyclic amines) is 1. The quantitative estimate of drug-likeness (QED) is 0.633. The predicted octanol–water partition coefficient (Wildman–Crippen LogP) is 1.45. The van der Waals surface area contributed by atoms with Crippen molar-refractivity contribution in [2.45, 2.75) is 30.2 Å². The lowest BCUT2D eigenvalue weighted by atomic mass is 10.1. The van der Waals surface area contributed by atoms with Crippen molar-refractivity contribution >= 4 is 27.1 Å². The Hall–Kier alpha value is -2.53. The highest BCUT2D eigenvalue weighted by atomic mass is 32.2. The van der Waals surface area contributed by atoms with Crippen LogP contribution in [0.5, 0.6) is 0 Å². The van der Waals surface area contributed by atoms with Crippen molar-refractivity contribution in [2.75, 3.05) is 13.1 Å². The molecule has 28 heavy (non-hydrogen) atoms. The zero-order valence-electron chi connectivity index (χ0n) is 15.5. The number of hydrogen-bond acceptors (Lipinski definition) is 7. The second-order valence-electron chi connectivity index (χ2n) is 6.76. The number of carbonyl (C=O) groups is 1. The molecule has 0 N–H and O–H groups in total. The first-order valence-electron chi connectivity index (χ1n) is 8.86. The van der Waals surface area contributed by atoms with Crippen LogP contribution in [0.25, 0.3) is 5.13 Å². The molecule has 3 aromatic heterocycles. The van der Waals surface area contributed by atoms with Gasteiger partial charge < -0.3 is 14.0 Å². The number of hydrogen-bond donors (Lipinski definition) is 0. The molecule has 4 rings (SSSR count). The summed E-state index contributed by atoms with van der Waals surface area (Å²) in [7, 11) is -1.95. The lowest BCUT2D eigenvalue weighted by Crippen LogP contribution is -2.42. The molecule has 0 spiro atoms. The Kier molecular flexibility index (Phi) is 4.79. The molecule has 11 heteroatoms. The van der Waals surface area contributed by atoms with Gasteiger partial charge in [0, 0.05) is 32.5 Å². The highest BCUT2D eigenvalue weighted by Gasteiger charge is 2.36. The van der Waals surface area contributed by atoms with Crippen LogP contribution in [0.15, 0.2) is 36.0 Å². The molecule has 0 aliphatic carbocycles. The van der Waals surface area contributed by atoms with Crippen molar-refractivity contribution in [3.05, 3.63) is 41.4 Å². The summed E-state index contributed by atoms with van der Waals surface area (Å²) in [4.78, 5) is 19.7. The number of nitrogens with zero attached hydrogens (tertiary/aromatic N) is 6. The Balaban J connectivity index is 1.47. The highest BCUT2D eigenvalue weighted by molar-refractivity contribution is 7.91.